The van der Waals surface area contributed by atoms with Gasteiger partial charge in [0.15, 0.2) is 5.11 Å². The summed E-state index contributed by atoms with van der Waals surface area (Å²) in [5.74, 6) is 0. The number of rotatable bonds is 4. The minimum atomic E-state index is 0.174. The van der Waals surface area contributed by atoms with E-state index in [9.17, 15) is 0 Å². The van der Waals surface area contributed by atoms with E-state index >= 15 is 0 Å². The second kappa shape index (κ2) is 6.00. The van der Waals surface area contributed by atoms with Gasteiger partial charge in [-0.1, -0.05) is 6.92 Å². The fourth-order valence-corrected chi connectivity index (χ4v) is 1.96. The predicted molar refractivity (Wildman–Crippen MR) is 75.0 cm³/mol. The molecule has 0 spiro atoms. The molecule has 1 heterocycles. The van der Waals surface area contributed by atoms with Crippen LogP contribution < -0.4 is 10.6 Å². The van der Waals surface area contributed by atoms with Crippen LogP contribution in [0.5, 0.6) is 0 Å². The van der Waals surface area contributed by atoms with Gasteiger partial charge < -0.3 is 10.6 Å². The first-order chi connectivity index (χ1) is 7.95. The van der Waals surface area contributed by atoms with Gasteiger partial charge >= 0.3 is 0 Å². The number of thiocarbonyl (C=S) groups is 1. The summed E-state index contributed by atoms with van der Waals surface area (Å²) in [4.78, 5) is 0. The Morgan fingerprint density at radius 3 is 2.59 bits per heavy atom. The maximum atomic E-state index is 5.27. The molecule has 0 saturated carbocycles. The Hall–Kier alpha value is -1.10. The fraction of sp³-hybridized carbons (Fsp3) is 0.667. The number of nitrogens with one attached hydrogen (secondary N) is 2. The molecular formula is C12H22N4S. The molecule has 1 rings (SSSR count). The Bertz CT molecular complexity index is 386. The van der Waals surface area contributed by atoms with E-state index in [1.165, 1.54) is 5.56 Å². The molecule has 1 aromatic heterocycles. The van der Waals surface area contributed by atoms with Crippen LogP contribution in [0.1, 0.15) is 44.5 Å². The first-order valence-electron chi connectivity index (χ1n) is 6.01. The first kappa shape index (κ1) is 14.0. The van der Waals surface area contributed by atoms with Crippen molar-refractivity contribution in [3.63, 3.8) is 0 Å². The van der Waals surface area contributed by atoms with E-state index in [0.717, 1.165) is 12.1 Å². The molecule has 2 N–H and O–H groups in total. The molecule has 0 aliphatic carbocycles. The van der Waals surface area contributed by atoms with E-state index in [4.69, 9.17) is 12.2 Å². The van der Waals surface area contributed by atoms with E-state index in [1.54, 1.807) is 0 Å². The zero-order valence-electron chi connectivity index (χ0n) is 11.2. The lowest BCUT2D eigenvalue weighted by Crippen LogP contribution is -2.41. The molecule has 0 aliphatic heterocycles. The van der Waals surface area contributed by atoms with Gasteiger partial charge in [0.25, 0.3) is 0 Å². The van der Waals surface area contributed by atoms with Gasteiger partial charge in [0.05, 0.1) is 12.2 Å². The predicted octanol–water partition coefficient (Wildman–Crippen LogP) is 2.05. The normalized spacial score (nSPS) is 14.2. The Kier molecular flexibility index (Phi) is 4.93. The summed E-state index contributed by atoms with van der Waals surface area (Å²) in [7, 11) is 1.95. The van der Waals surface area contributed by atoms with E-state index in [2.05, 4.69) is 43.4 Å². The highest BCUT2D eigenvalue weighted by molar-refractivity contribution is 7.80. The largest absolute Gasteiger partial charge is 0.360 e. The van der Waals surface area contributed by atoms with Crippen LogP contribution in [-0.2, 0) is 7.05 Å². The third-order valence-corrected chi connectivity index (χ3v) is 3.31. The Balaban J connectivity index is 2.57. The third kappa shape index (κ3) is 3.70. The van der Waals surface area contributed by atoms with E-state index in [0.29, 0.717) is 11.2 Å². The second-order valence-electron chi connectivity index (χ2n) is 4.46. The Morgan fingerprint density at radius 2 is 2.12 bits per heavy atom. The zero-order chi connectivity index (χ0) is 13.0. The highest BCUT2D eigenvalue weighted by Gasteiger charge is 2.13. The quantitative estimate of drug-likeness (QED) is 0.807. The van der Waals surface area contributed by atoms with Gasteiger partial charge in [-0.2, -0.15) is 5.10 Å². The third-order valence-electron chi connectivity index (χ3n) is 3.08. The molecule has 0 radical (unpaired) electrons. The lowest BCUT2D eigenvalue weighted by molar-refractivity contribution is 0.613. The molecule has 2 unspecified atom stereocenters. The van der Waals surface area contributed by atoms with Gasteiger partial charge in [-0.05, 0) is 39.4 Å². The van der Waals surface area contributed by atoms with Gasteiger partial charge in [-0.3, -0.25) is 4.68 Å². The zero-order valence-corrected chi connectivity index (χ0v) is 12.1. The lowest BCUT2D eigenvalue weighted by atomic mass is 10.1. The maximum absolute atomic E-state index is 5.27. The van der Waals surface area contributed by atoms with Crippen LogP contribution >= 0.6 is 12.2 Å². The summed E-state index contributed by atoms with van der Waals surface area (Å²) in [5.41, 5.74) is 2.34. The highest BCUT2D eigenvalue weighted by atomic mass is 32.1. The second-order valence-corrected chi connectivity index (χ2v) is 4.87. The van der Waals surface area contributed by atoms with Crippen LogP contribution in [0.25, 0.3) is 0 Å². The molecule has 17 heavy (non-hydrogen) atoms. The number of nitrogens with zero attached hydrogens (tertiary/aromatic N) is 2. The summed E-state index contributed by atoms with van der Waals surface area (Å²) in [6.45, 7) is 8.41. The molecule has 96 valence electrons. The van der Waals surface area contributed by atoms with Gasteiger partial charge in [0.1, 0.15) is 0 Å². The average Bonchev–Trinajstić information content (AvgIpc) is 2.59. The standard InChI is InChI=1S/C12H22N4S/c1-6-8(2)14-12(17)15-9(3)11-7-13-16(5)10(11)4/h7-9H,6H2,1-5H3,(H2,14,15,17). The van der Waals surface area contributed by atoms with Crippen molar-refractivity contribution in [2.75, 3.05) is 0 Å². The van der Waals surface area contributed by atoms with Gasteiger partial charge in [-0.25, -0.2) is 0 Å². The van der Waals surface area contributed by atoms with Crippen molar-refractivity contribution in [1.29, 1.82) is 0 Å². The van der Waals surface area contributed by atoms with E-state index in [-0.39, 0.29) is 6.04 Å². The molecule has 0 bridgehead atoms. The molecule has 4 nitrogen and oxygen atoms in total. The smallest absolute Gasteiger partial charge is 0.166 e. The Morgan fingerprint density at radius 1 is 1.47 bits per heavy atom. The molecule has 2 atom stereocenters. The van der Waals surface area contributed by atoms with Gasteiger partial charge in [-0.15, -0.1) is 0 Å². The van der Waals surface area contributed by atoms with Crippen LogP contribution in [0.3, 0.4) is 0 Å². The van der Waals surface area contributed by atoms with Crippen LogP contribution in [0, 0.1) is 6.92 Å². The minimum Gasteiger partial charge on any atom is -0.360 e. The molecule has 0 fully saturated rings. The van der Waals surface area contributed by atoms with Crippen molar-refractivity contribution in [1.82, 2.24) is 20.4 Å². The summed E-state index contributed by atoms with van der Waals surface area (Å²) in [6.07, 6.45) is 2.95. The Labute approximate surface area is 109 Å². The van der Waals surface area contributed by atoms with Crippen molar-refractivity contribution < 1.29 is 0 Å². The first-order valence-corrected chi connectivity index (χ1v) is 6.42. The van der Waals surface area contributed by atoms with Crippen molar-refractivity contribution in [3.8, 4) is 0 Å². The topological polar surface area (TPSA) is 41.9 Å². The molecule has 1 aromatic rings. The maximum Gasteiger partial charge on any atom is 0.166 e. The van der Waals surface area contributed by atoms with Crippen molar-refractivity contribution in [2.24, 2.45) is 7.05 Å². The van der Waals surface area contributed by atoms with Gasteiger partial charge in [0, 0.05) is 24.3 Å². The molecule has 0 aromatic carbocycles. The average molecular weight is 254 g/mol. The summed E-state index contributed by atoms with van der Waals surface area (Å²) < 4.78 is 1.87. The van der Waals surface area contributed by atoms with E-state index < -0.39 is 0 Å². The fourth-order valence-electron chi connectivity index (χ4n) is 1.58. The van der Waals surface area contributed by atoms with Crippen molar-refractivity contribution in [3.05, 3.63) is 17.5 Å². The summed E-state index contributed by atoms with van der Waals surface area (Å²) in [6, 6.07) is 0.574. The van der Waals surface area contributed by atoms with Crippen LogP contribution in [-0.4, -0.2) is 20.9 Å². The molecular weight excluding hydrogens is 232 g/mol. The monoisotopic (exact) mass is 254 g/mol. The number of aromatic nitrogens is 2. The summed E-state index contributed by atoms with van der Waals surface area (Å²) in [5, 5.41) is 11.5. The van der Waals surface area contributed by atoms with Crippen molar-refractivity contribution in [2.45, 2.75) is 46.2 Å². The number of hydrogen-bond acceptors (Lipinski definition) is 2. The number of aryl methyl sites for hydroxylation is 1. The minimum absolute atomic E-state index is 0.174. The lowest BCUT2D eigenvalue weighted by Gasteiger charge is -2.19. The highest BCUT2D eigenvalue weighted by Crippen LogP contribution is 2.15. The van der Waals surface area contributed by atoms with E-state index in [1.807, 2.05) is 17.9 Å². The SMILES string of the molecule is CCC(C)NC(=S)NC(C)c1cnn(C)c1C. The van der Waals surface area contributed by atoms with Crippen LogP contribution in [0.15, 0.2) is 6.20 Å². The van der Waals surface area contributed by atoms with Crippen LogP contribution in [0.4, 0.5) is 0 Å². The molecule has 0 amide bonds. The molecule has 5 heteroatoms. The number of hydrogen-bond donors (Lipinski definition) is 2. The van der Waals surface area contributed by atoms with Gasteiger partial charge in [0.2, 0.25) is 0 Å². The van der Waals surface area contributed by atoms with Crippen LogP contribution in [0.2, 0.25) is 0 Å². The molecule has 0 saturated heterocycles. The molecule has 0 aliphatic rings. The van der Waals surface area contributed by atoms with Crippen molar-refractivity contribution >= 4 is 17.3 Å². The summed E-state index contributed by atoms with van der Waals surface area (Å²) >= 11 is 5.27.